The number of halogens is 1. The monoisotopic (exact) mass is 244 g/mol. The largest absolute Gasteiger partial charge is 0.435 e. The Balaban J connectivity index is 2.66. The molecule has 0 saturated carbocycles. The van der Waals surface area contributed by atoms with Crippen molar-refractivity contribution < 1.29 is 14.3 Å². The Labute approximate surface area is 84.8 Å². The third kappa shape index (κ3) is 3.16. The lowest BCUT2D eigenvalue weighted by molar-refractivity contribution is -0.0125. The minimum Gasteiger partial charge on any atom is -0.435 e. The molecule has 0 unspecified atom stereocenters. The molecule has 0 aliphatic rings. The molecule has 13 heavy (non-hydrogen) atoms. The summed E-state index contributed by atoms with van der Waals surface area (Å²) < 4.78 is 10.2. The van der Waals surface area contributed by atoms with Crippen LogP contribution in [0.2, 0.25) is 0 Å². The van der Waals surface area contributed by atoms with Gasteiger partial charge < -0.3 is 9.47 Å². The van der Waals surface area contributed by atoms with Crippen LogP contribution in [0.3, 0.4) is 0 Å². The van der Waals surface area contributed by atoms with Gasteiger partial charge in [-0.25, -0.2) is 4.79 Å². The van der Waals surface area contributed by atoms with Gasteiger partial charge in [-0.1, -0.05) is 22.0 Å². The number of hydrogen-bond acceptors (Lipinski definition) is 3. The van der Waals surface area contributed by atoms with E-state index in [-0.39, 0.29) is 12.8 Å². The fraction of sp³-hybridized carbons (Fsp3) is 0.222. The predicted octanol–water partition coefficient (Wildman–Crippen LogP) is 2.21. The van der Waals surface area contributed by atoms with Crippen LogP contribution in [-0.4, -0.2) is 19.9 Å². The number of carbonyl (C=O) groups is 1. The Morgan fingerprint density at radius 3 is 2.92 bits per heavy atom. The maximum Gasteiger partial charge on any atom is 0.340 e. The molecular weight excluding hydrogens is 236 g/mol. The van der Waals surface area contributed by atoms with E-state index >= 15 is 0 Å². The number of benzene rings is 1. The van der Waals surface area contributed by atoms with Crippen LogP contribution in [0, 0.1) is 0 Å². The Morgan fingerprint density at radius 1 is 1.54 bits per heavy atom. The molecule has 70 valence electrons. The molecule has 4 heteroatoms. The molecule has 0 saturated heterocycles. The highest BCUT2D eigenvalue weighted by atomic mass is 79.9. The zero-order valence-corrected chi connectivity index (χ0v) is 8.71. The maximum atomic E-state index is 11.2. The van der Waals surface area contributed by atoms with Gasteiger partial charge in [-0.3, -0.25) is 0 Å². The van der Waals surface area contributed by atoms with Gasteiger partial charge >= 0.3 is 5.97 Å². The maximum absolute atomic E-state index is 11.2. The van der Waals surface area contributed by atoms with Crippen molar-refractivity contribution in [1.29, 1.82) is 0 Å². The van der Waals surface area contributed by atoms with E-state index in [9.17, 15) is 4.79 Å². The number of ether oxygens (including phenoxy) is 2. The molecule has 3 nitrogen and oxygen atoms in total. The molecule has 0 N–H and O–H groups in total. The lowest BCUT2D eigenvalue weighted by Gasteiger charge is -2.02. The summed E-state index contributed by atoms with van der Waals surface area (Å²) in [4.78, 5) is 11.2. The fourth-order valence-corrected chi connectivity index (χ4v) is 1.21. The standard InChI is InChI=1S/C9H9BrO3/c1-12-6-13-9(11)7-3-2-4-8(10)5-7/h2-5H,6H2,1H3. The first kappa shape index (κ1) is 10.2. The van der Waals surface area contributed by atoms with Gasteiger partial charge in [0, 0.05) is 11.6 Å². The molecule has 0 heterocycles. The predicted molar refractivity (Wildman–Crippen MR) is 51.4 cm³/mol. The third-order valence-electron chi connectivity index (χ3n) is 1.37. The highest BCUT2D eigenvalue weighted by molar-refractivity contribution is 9.10. The summed E-state index contributed by atoms with van der Waals surface area (Å²) in [6, 6.07) is 6.99. The number of hydrogen-bond donors (Lipinski definition) is 0. The first-order chi connectivity index (χ1) is 6.24. The molecule has 0 spiro atoms. The third-order valence-corrected chi connectivity index (χ3v) is 1.86. The molecule has 0 aliphatic heterocycles. The molecule has 1 aromatic carbocycles. The highest BCUT2D eigenvalue weighted by Gasteiger charge is 2.05. The van der Waals surface area contributed by atoms with Crippen molar-refractivity contribution in [2.75, 3.05) is 13.9 Å². The molecular formula is C9H9BrO3. The zero-order chi connectivity index (χ0) is 9.68. The van der Waals surface area contributed by atoms with Crippen molar-refractivity contribution >= 4 is 21.9 Å². The van der Waals surface area contributed by atoms with Gasteiger partial charge in [0.05, 0.1) is 5.56 Å². The van der Waals surface area contributed by atoms with Gasteiger partial charge in [0.2, 0.25) is 0 Å². The molecule has 0 radical (unpaired) electrons. The number of rotatable bonds is 3. The van der Waals surface area contributed by atoms with E-state index in [0.29, 0.717) is 5.56 Å². The second-order valence-corrected chi connectivity index (χ2v) is 3.26. The number of methoxy groups -OCH3 is 1. The molecule has 0 atom stereocenters. The highest BCUT2D eigenvalue weighted by Crippen LogP contribution is 2.12. The normalized spacial score (nSPS) is 9.69. The van der Waals surface area contributed by atoms with Crippen molar-refractivity contribution in [3.05, 3.63) is 34.3 Å². The first-order valence-electron chi connectivity index (χ1n) is 3.65. The molecule has 0 fully saturated rings. The lowest BCUT2D eigenvalue weighted by Crippen LogP contribution is -2.07. The van der Waals surface area contributed by atoms with Crippen molar-refractivity contribution in [2.24, 2.45) is 0 Å². The van der Waals surface area contributed by atoms with E-state index in [4.69, 9.17) is 4.74 Å². The van der Waals surface area contributed by atoms with Gasteiger partial charge in [-0.05, 0) is 18.2 Å². The summed E-state index contributed by atoms with van der Waals surface area (Å²) >= 11 is 3.26. The minimum atomic E-state index is -0.386. The van der Waals surface area contributed by atoms with Crippen LogP contribution in [0.25, 0.3) is 0 Å². The Bertz CT molecular complexity index is 299. The topological polar surface area (TPSA) is 35.5 Å². The van der Waals surface area contributed by atoms with Gasteiger partial charge in [0.1, 0.15) is 0 Å². The first-order valence-corrected chi connectivity index (χ1v) is 4.45. The Hall–Kier alpha value is -0.870. The van der Waals surface area contributed by atoms with E-state index < -0.39 is 0 Å². The van der Waals surface area contributed by atoms with E-state index in [0.717, 1.165) is 4.47 Å². The fourth-order valence-electron chi connectivity index (χ4n) is 0.811. The molecule has 0 bridgehead atoms. The Morgan fingerprint density at radius 2 is 2.31 bits per heavy atom. The van der Waals surface area contributed by atoms with Gasteiger partial charge in [0.25, 0.3) is 0 Å². The van der Waals surface area contributed by atoms with Crippen molar-refractivity contribution in [2.45, 2.75) is 0 Å². The summed E-state index contributed by atoms with van der Waals surface area (Å²) in [5.41, 5.74) is 0.506. The van der Waals surface area contributed by atoms with Crippen LogP contribution in [0.15, 0.2) is 28.7 Å². The van der Waals surface area contributed by atoms with Gasteiger partial charge in [-0.2, -0.15) is 0 Å². The van der Waals surface area contributed by atoms with Gasteiger partial charge in [0.15, 0.2) is 6.79 Å². The van der Waals surface area contributed by atoms with E-state index in [1.54, 1.807) is 18.2 Å². The van der Waals surface area contributed by atoms with Crippen molar-refractivity contribution in [1.82, 2.24) is 0 Å². The van der Waals surface area contributed by atoms with E-state index in [1.165, 1.54) is 7.11 Å². The summed E-state index contributed by atoms with van der Waals surface area (Å²) in [6.45, 7) is -0.0225. The smallest absolute Gasteiger partial charge is 0.340 e. The summed E-state index contributed by atoms with van der Waals surface area (Å²) in [6.07, 6.45) is 0. The van der Waals surface area contributed by atoms with Crippen LogP contribution in [-0.2, 0) is 9.47 Å². The van der Waals surface area contributed by atoms with Gasteiger partial charge in [-0.15, -0.1) is 0 Å². The molecule has 1 rings (SSSR count). The summed E-state index contributed by atoms with van der Waals surface area (Å²) in [5.74, 6) is -0.386. The SMILES string of the molecule is COCOC(=O)c1cccc(Br)c1. The van der Waals surface area contributed by atoms with Crippen LogP contribution in [0.5, 0.6) is 0 Å². The second kappa shape index (κ2) is 4.99. The van der Waals surface area contributed by atoms with Crippen molar-refractivity contribution in [3.63, 3.8) is 0 Å². The number of carbonyl (C=O) groups excluding carboxylic acids is 1. The summed E-state index contributed by atoms with van der Waals surface area (Å²) in [5, 5.41) is 0. The average Bonchev–Trinajstić information content (AvgIpc) is 2.14. The van der Waals surface area contributed by atoms with E-state index in [1.807, 2.05) is 6.07 Å². The molecule has 0 aromatic heterocycles. The molecule has 0 amide bonds. The zero-order valence-electron chi connectivity index (χ0n) is 7.12. The summed E-state index contributed by atoms with van der Waals surface area (Å²) in [7, 11) is 1.47. The second-order valence-electron chi connectivity index (χ2n) is 2.35. The van der Waals surface area contributed by atoms with Crippen LogP contribution < -0.4 is 0 Å². The quantitative estimate of drug-likeness (QED) is 0.605. The lowest BCUT2D eigenvalue weighted by atomic mass is 10.2. The molecule has 0 aliphatic carbocycles. The minimum absolute atomic E-state index is 0.0225. The average molecular weight is 245 g/mol. The van der Waals surface area contributed by atoms with Crippen LogP contribution in [0.4, 0.5) is 0 Å². The van der Waals surface area contributed by atoms with Crippen LogP contribution in [0.1, 0.15) is 10.4 Å². The Kier molecular flexibility index (Phi) is 3.92. The number of esters is 1. The van der Waals surface area contributed by atoms with Crippen molar-refractivity contribution in [3.8, 4) is 0 Å². The van der Waals surface area contributed by atoms with Crippen LogP contribution >= 0.6 is 15.9 Å². The van der Waals surface area contributed by atoms with E-state index in [2.05, 4.69) is 20.7 Å². The molecule has 1 aromatic rings.